The van der Waals surface area contributed by atoms with Gasteiger partial charge in [0.2, 0.25) is 10.0 Å². The van der Waals surface area contributed by atoms with Crippen molar-refractivity contribution in [2.24, 2.45) is 0 Å². The maximum Gasteiger partial charge on any atom is 0.232 e. The SMILES string of the molecule is CS(=O)(=O)N(Cc1ccc(F)cc1)c1cccnc1. The summed E-state index contributed by atoms with van der Waals surface area (Å²) in [7, 11) is -3.43. The van der Waals surface area contributed by atoms with Crippen molar-refractivity contribution in [2.45, 2.75) is 6.54 Å². The summed E-state index contributed by atoms with van der Waals surface area (Å²) in [6, 6.07) is 9.06. The lowest BCUT2D eigenvalue weighted by molar-refractivity contribution is 0.596. The van der Waals surface area contributed by atoms with Crippen molar-refractivity contribution in [2.75, 3.05) is 10.6 Å². The zero-order valence-electron chi connectivity index (χ0n) is 10.3. The molecule has 0 radical (unpaired) electrons. The van der Waals surface area contributed by atoms with E-state index in [1.54, 1.807) is 30.5 Å². The van der Waals surface area contributed by atoms with Crippen LogP contribution in [0.1, 0.15) is 5.56 Å². The lowest BCUT2D eigenvalue weighted by Crippen LogP contribution is -2.29. The molecule has 2 rings (SSSR count). The maximum absolute atomic E-state index is 12.8. The van der Waals surface area contributed by atoms with Gasteiger partial charge in [0, 0.05) is 6.20 Å². The topological polar surface area (TPSA) is 50.3 Å². The Bertz CT molecular complexity index is 642. The highest BCUT2D eigenvalue weighted by atomic mass is 32.2. The van der Waals surface area contributed by atoms with E-state index in [9.17, 15) is 12.8 Å². The summed E-state index contributed by atoms with van der Waals surface area (Å²) in [5.74, 6) is -0.351. The van der Waals surface area contributed by atoms with Gasteiger partial charge in [0.05, 0.1) is 24.7 Å². The lowest BCUT2D eigenvalue weighted by Gasteiger charge is -2.22. The Morgan fingerprint density at radius 3 is 2.42 bits per heavy atom. The molecular weight excluding hydrogens is 267 g/mol. The fraction of sp³-hybridized carbons (Fsp3) is 0.154. The smallest absolute Gasteiger partial charge is 0.232 e. The van der Waals surface area contributed by atoms with Gasteiger partial charge in [-0.2, -0.15) is 0 Å². The third-order valence-corrected chi connectivity index (χ3v) is 3.71. The van der Waals surface area contributed by atoms with Gasteiger partial charge in [0.25, 0.3) is 0 Å². The van der Waals surface area contributed by atoms with Crippen molar-refractivity contribution in [3.63, 3.8) is 0 Å². The third kappa shape index (κ3) is 3.51. The number of hydrogen-bond acceptors (Lipinski definition) is 3. The van der Waals surface area contributed by atoms with Crippen molar-refractivity contribution in [3.05, 3.63) is 60.2 Å². The van der Waals surface area contributed by atoms with Crippen molar-refractivity contribution in [1.82, 2.24) is 4.98 Å². The lowest BCUT2D eigenvalue weighted by atomic mass is 10.2. The minimum Gasteiger partial charge on any atom is -0.264 e. The number of rotatable bonds is 4. The summed E-state index contributed by atoms with van der Waals surface area (Å²) in [6.45, 7) is 0.144. The summed E-state index contributed by atoms with van der Waals surface area (Å²) in [4.78, 5) is 3.91. The van der Waals surface area contributed by atoms with E-state index in [1.165, 1.54) is 22.6 Å². The van der Waals surface area contributed by atoms with Gasteiger partial charge in [-0.05, 0) is 29.8 Å². The second-order valence-electron chi connectivity index (χ2n) is 4.11. The van der Waals surface area contributed by atoms with E-state index >= 15 is 0 Å². The summed E-state index contributed by atoms with van der Waals surface area (Å²) >= 11 is 0. The van der Waals surface area contributed by atoms with Crippen LogP contribution in [0.4, 0.5) is 10.1 Å². The molecule has 2 aromatic rings. The highest BCUT2D eigenvalue weighted by Crippen LogP contribution is 2.19. The first-order chi connectivity index (χ1) is 8.97. The van der Waals surface area contributed by atoms with Crippen LogP contribution in [0.5, 0.6) is 0 Å². The normalized spacial score (nSPS) is 11.3. The molecule has 0 N–H and O–H groups in total. The van der Waals surface area contributed by atoms with E-state index in [4.69, 9.17) is 0 Å². The second-order valence-corrected chi connectivity index (χ2v) is 6.01. The maximum atomic E-state index is 12.8. The van der Waals surface area contributed by atoms with E-state index in [-0.39, 0.29) is 12.4 Å². The summed E-state index contributed by atoms with van der Waals surface area (Å²) < 4.78 is 37.7. The largest absolute Gasteiger partial charge is 0.264 e. The highest BCUT2D eigenvalue weighted by Gasteiger charge is 2.17. The molecule has 4 nitrogen and oxygen atoms in total. The number of sulfonamides is 1. The molecule has 0 bridgehead atoms. The van der Waals surface area contributed by atoms with Gasteiger partial charge < -0.3 is 0 Å². The number of hydrogen-bond donors (Lipinski definition) is 0. The molecular formula is C13H13FN2O2S. The molecule has 19 heavy (non-hydrogen) atoms. The number of halogens is 1. The van der Waals surface area contributed by atoms with Crippen LogP contribution in [0.2, 0.25) is 0 Å². The zero-order chi connectivity index (χ0) is 13.9. The molecule has 0 unspecified atom stereocenters. The number of pyridine rings is 1. The Morgan fingerprint density at radius 1 is 1.21 bits per heavy atom. The van der Waals surface area contributed by atoms with E-state index < -0.39 is 10.0 Å². The van der Waals surface area contributed by atoms with E-state index in [1.807, 2.05) is 0 Å². The van der Waals surface area contributed by atoms with Gasteiger partial charge in [0.1, 0.15) is 5.82 Å². The predicted molar refractivity (Wildman–Crippen MR) is 71.7 cm³/mol. The first-order valence-electron chi connectivity index (χ1n) is 5.59. The molecule has 0 atom stereocenters. The first-order valence-corrected chi connectivity index (χ1v) is 7.44. The average molecular weight is 280 g/mol. The van der Waals surface area contributed by atoms with Crippen LogP contribution < -0.4 is 4.31 Å². The van der Waals surface area contributed by atoms with Crippen molar-refractivity contribution < 1.29 is 12.8 Å². The standard InChI is InChI=1S/C13H13FN2O2S/c1-19(17,18)16(13-3-2-8-15-9-13)10-11-4-6-12(14)7-5-11/h2-9H,10H2,1H3. The number of benzene rings is 1. The Morgan fingerprint density at radius 2 is 1.89 bits per heavy atom. The first kappa shape index (κ1) is 13.5. The number of aromatic nitrogens is 1. The van der Waals surface area contributed by atoms with Gasteiger partial charge in [-0.15, -0.1) is 0 Å². The molecule has 0 aliphatic rings. The number of nitrogens with zero attached hydrogens (tertiary/aromatic N) is 2. The summed E-state index contributed by atoms with van der Waals surface area (Å²) in [5.41, 5.74) is 1.19. The molecule has 0 saturated carbocycles. The summed E-state index contributed by atoms with van der Waals surface area (Å²) in [6.07, 6.45) is 4.18. The van der Waals surface area contributed by atoms with Crippen LogP contribution in [-0.4, -0.2) is 19.7 Å². The van der Waals surface area contributed by atoms with Gasteiger partial charge in [0.15, 0.2) is 0 Å². The minimum absolute atomic E-state index is 0.144. The monoisotopic (exact) mass is 280 g/mol. The van der Waals surface area contributed by atoms with Crippen molar-refractivity contribution >= 4 is 15.7 Å². The van der Waals surface area contributed by atoms with Gasteiger partial charge in [-0.3, -0.25) is 9.29 Å². The third-order valence-electron chi connectivity index (χ3n) is 2.57. The molecule has 0 amide bonds. The average Bonchev–Trinajstić information content (AvgIpc) is 2.37. The molecule has 100 valence electrons. The zero-order valence-corrected chi connectivity index (χ0v) is 11.1. The molecule has 0 fully saturated rings. The molecule has 6 heteroatoms. The fourth-order valence-electron chi connectivity index (χ4n) is 1.66. The van der Waals surface area contributed by atoms with Crippen molar-refractivity contribution in [3.8, 4) is 0 Å². The molecule has 1 aromatic carbocycles. The predicted octanol–water partition coefficient (Wildman–Crippen LogP) is 2.19. The van der Waals surface area contributed by atoms with Crippen LogP contribution in [0, 0.1) is 5.82 Å². The molecule has 0 spiro atoms. The van der Waals surface area contributed by atoms with E-state index in [2.05, 4.69) is 4.98 Å². The Labute approximate surface area is 111 Å². The van der Waals surface area contributed by atoms with Crippen LogP contribution in [0.25, 0.3) is 0 Å². The summed E-state index contributed by atoms with van der Waals surface area (Å²) in [5, 5.41) is 0. The molecule has 1 aromatic heterocycles. The molecule has 0 aliphatic carbocycles. The quantitative estimate of drug-likeness (QED) is 0.862. The van der Waals surface area contributed by atoms with Gasteiger partial charge in [-0.1, -0.05) is 12.1 Å². The van der Waals surface area contributed by atoms with Crippen LogP contribution >= 0.6 is 0 Å². The van der Waals surface area contributed by atoms with E-state index in [0.717, 1.165) is 6.26 Å². The van der Waals surface area contributed by atoms with E-state index in [0.29, 0.717) is 11.3 Å². The Balaban J connectivity index is 2.33. The molecule has 1 heterocycles. The number of anilines is 1. The Hall–Kier alpha value is -1.95. The second kappa shape index (κ2) is 5.36. The van der Waals surface area contributed by atoms with Gasteiger partial charge in [-0.25, -0.2) is 12.8 Å². The fourth-order valence-corrected chi connectivity index (χ4v) is 2.53. The Kier molecular flexibility index (Phi) is 3.80. The molecule has 0 aliphatic heterocycles. The molecule has 0 saturated heterocycles. The van der Waals surface area contributed by atoms with Gasteiger partial charge >= 0.3 is 0 Å². The minimum atomic E-state index is -3.43. The highest BCUT2D eigenvalue weighted by molar-refractivity contribution is 7.92. The van der Waals surface area contributed by atoms with Crippen molar-refractivity contribution in [1.29, 1.82) is 0 Å². The van der Waals surface area contributed by atoms with Crippen LogP contribution in [-0.2, 0) is 16.6 Å². The van der Waals surface area contributed by atoms with Crippen LogP contribution in [0.3, 0.4) is 0 Å². The van der Waals surface area contributed by atoms with Crippen LogP contribution in [0.15, 0.2) is 48.8 Å².